The van der Waals surface area contributed by atoms with Crippen LogP contribution in [-0.2, 0) is 11.3 Å². The van der Waals surface area contributed by atoms with Crippen LogP contribution in [0.15, 0.2) is 48.5 Å². The Morgan fingerprint density at radius 2 is 0.708 bits per heavy atom. The van der Waals surface area contributed by atoms with Gasteiger partial charge in [-0.1, -0.05) is 48.5 Å². The van der Waals surface area contributed by atoms with Gasteiger partial charge < -0.3 is 0 Å². The molecule has 0 aromatic heterocycles. The number of fused-ring (bicyclic) bond motifs is 2. The summed E-state index contributed by atoms with van der Waals surface area (Å²) in [6.45, 7) is 0. The van der Waals surface area contributed by atoms with E-state index in [9.17, 15) is 26.3 Å². The molecule has 1 aliphatic rings. The molecule has 0 heterocycles. The average molecular weight is 352 g/mol. The van der Waals surface area contributed by atoms with Crippen LogP contribution < -0.4 is 0 Å². The third-order valence-electron chi connectivity index (χ3n) is 4.12. The highest BCUT2D eigenvalue weighted by Crippen LogP contribution is 2.61. The maximum absolute atomic E-state index is 15.1. The van der Waals surface area contributed by atoms with Crippen LogP contribution in [0.1, 0.15) is 22.3 Å². The molecule has 0 spiro atoms. The summed E-state index contributed by atoms with van der Waals surface area (Å²) in [4.78, 5) is 0. The lowest BCUT2D eigenvalue weighted by Crippen LogP contribution is -2.51. The zero-order valence-corrected chi connectivity index (χ0v) is 11.6. The van der Waals surface area contributed by atoms with E-state index in [1.165, 1.54) is 0 Å². The molecule has 0 amide bonds. The highest BCUT2D eigenvalue weighted by atomic mass is 19.4. The first kappa shape index (κ1) is 16.7. The molecule has 1 aliphatic carbocycles. The molecular formula is C16H8F8. The molecule has 24 heavy (non-hydrogen) atoms. The van der Waals surface area contributed by atoms with Crippen molar-refractivity contribution in [2.75, 3.05) is 0 Å². The van der Waals surface area contributed by atoms with Crippen molar-refractivity contribution in [2.45, 2.75) is 23.7 Å². The van der Waals surface area contributed by atoms with Gasteiger partial charge in [-0.05, 0) is 0 Å². The van der Waals surface area contributed by atoms with Crippen molar-refractivity contribution in [1.29, 1.82) is 0 Å². The van der Waals surface area contributed by atoms with Crippen molar-refractivity contribution in [3.8, 4) is 0 Å². The summed E-state index contributed by atoms with van der Waals surface area (Å²) in [7, 11) is 0. The maximum Gasteiger partial charge on any atom is 0.431 e. The van der Waals surface area contributed by atoms with Crippen molar-refractivity contribution in [2.24, 2.45) is 0 Å². The smallest absolute Gasteiger partial charge is 0.223 e. The Morgan fingerprint density at radius 1 is 0.500 bits per heavy atom. The van der Waals surface area contributed by atoms with Gasteiger partial charge in [0.1, 0.15) is 0 Å². The molecule has 3 rings (SSSR count). The van der Waals surface area contributed by atoms with E-state index in [1.807, 2.05) is 0 Å². The molecule has 8 heteroatoms. The lowest BCUT2D eigenvalue weighted by atomic mass is 9.68. The van der Waals surface area contributed by atoms with Gasteiger partial charge in [0.2, 0.25) is 0 Å². The van der Waals surface area contributed by atoms with Gasteiger partial charge in [-0.15, -0.1) is 0 Å². The van der Waals surface area contributed by atoms with E-state index >= 15 is 8.78 Å². The minimum Gasteiger partial charge on any atom is -0.223 e. The van der Waals surface area contributed by atoms with Gasteiger partial charge >= 0.3 is 12.4 Å². The second-order valence-corrected chi connectivity index (χ2v) is 5.40. The summed E-state index contributed by atoms with van der Waals surface area (Å²) in [5.41, 5.74) is -14.0. The Morgan fingerprint density at radius 3 is 0.875 bits per heavy atom. The summed E-state index contributed by atoms with van der Waals surface area (Å²) in [6.07, 6.45) is -11.1. The van der Waals surface area contributed by atoms with E-state index in [-0.39, 0.29) is 0 Å². The molecule has 128 valence electrons. The van der Waals surface area contributed by atoms with Crippen LogP contribution in [0, 0.1) is 0 Å². The molecule has 0 radical (unpaired) electrons. The topological polar surface area (TPSA) is 0 Å². The molecule has 0 saturated heterocycles. The number of rotatable bonds is 0. The van der Waals surface area contributed by atoms with E-state index in [2.05, 4.69) is 0 Å². The normalized spacial score (nSPS) is 26.7. The fourth-order valence-corrected chi connectivity index (χ4v) is 3.07. The molecule has 0 nitrogen and oxygen atoms in total. The van der Waals surface area contributed by atoms with Crippen LogP contribution in [0.25, 0.3) is 0 Å². The van der Waals surface area contributed by atoms with Crippen LogP contribution in [0.5, 0.6) is 0 Å². The Kier molecular flexibility index (Phi) is 3.28. The van der Waals surface area contributed by atoms with Crippen molar-refractivity contribution in [3.63, 3.8) is 0 Å². The van der Waals surface area contributed by atoms with Crippen LogP contribution in [0.2, 0.25) is 0 Å². The van der Waals surface area contributed by atoms with E-state index in [1.54, 1.807) is 0 Å². The van der Waals surface area contributed by atoms with Crippen LogP contribution in [0.4, 0.5) is 35.1 Å². The predicted molar refractivity (Wildman–Crippen MR) is 68.8 cm³/mol. The molecule has 0 saturated carbocycles. The van der Waals surface area contributed by atoms with Crippen molar-refractivity contribution in [3.05, 3.63) is 70.8 Å². The van der Waals surface area contributed by atoms with Crippen LogP contribution >= 0.6 is 0 Å². The van der Waals surface area contributed by atoms with Gasteiger partial charge in [-0.25, -0.2) is 8.78 Å². The molecular weight excluding hydrogens is 344 g/mol. The Labute approximate surface area is 130 Å². The van der Waals surface area contributed by atoms with Gasteiger partial charge in [-0.2, -0.15) is 26.3 Å². The van der Waals surface area contributed by atoms with Crippen LogP contribution in [0.3, 0.4) is 0 Å². The van der Waals surface area contributed by atoms with Gasteiger partial charge in [-0.3, -0.25) is 0 Å². The highest BCUT2D eigenvalue weighted by Gasteiger charge is 2.70. The number of hydrogen-bond acceptors (Lipinski definition) is 0. The lowest BCUT2D eigenvalue weighted by Gasteiger charge is -2.42. The van der Waals surface area contributed by atoms with E-state index in [0.29, 0.717) is 24.3 Å². The van der Waals surface area contributed by atoms with E-state index in [0.717, 1.165) is 24.3 Å². The third-order valence-corrected chi connectivity index (χ3v) is 4.12. The van der Waals surface area contributed by atoms with Gasteiger partial charge in [0.05, 0.1) is 0 Å². The first-order valence-electron chi connectivity index (χ1n) is 6.67. The second kappa shape index (κ2) is 4.70. The summed E-state index contributed by atoms with van der Waals surface area (Å²) < 4.78 is 111. The highest BCUT2D eigenvalue weighted by molar-refractivity contribution is 5.58. The number of alkyl halides is 8. The summed E-state index contributed by atoms with van der Waals surface area (Å²) in [5.74, 6) is 0. The summed E-state index contributed by atoms with van der Waals surface area (Å²) >= 11 is 0. The van der Waals surface area contributed by atoms with E-state index in [4.69, 9.17) is 0 Å². The molecule has 2 aromatic carbocycles. The number of benzene rings is 2. The van der Waals surface area contributed by atoms with Crippen LogP contribution in [-0.4, -0.2) is 12.4 Å². The van der Waals surface area contributed by atoms with Crippen molar-refractivity contribution < 1.29 is 35.1 Å². The quantitative estimate of drug-likeness (QED) is 0.545. The third kappa shape index (κ3) is 1.85. The Bertz CT molecular complexity index is 674. The monoisotopic (exact) mass is 352 g/mol. The standard InChI is InChI=1S/C16H8F8/c17-13(15(19,20)21)9-5-1-2-6-10(9)14(18,16(22,23)24)12-8-4-3-7-11(12)13/h1-8H. The van der Waals surface area contributed by atoms with Crippen molar-refractivity contribution in [1.82, 2.24) is 0 Å². The maximum atomic E-state index is 15.1. The fourth-order valence-electron chi connectivity index (χ4n) is 3.07. The molecule has 0 atom stereocenters. The first-order chi connectivity index (χ1) is 11.0. The zero-order chi connectivity index (χ0) is 18.0. The molecule has 0 unspecified atom stereocenters. The minimum absolute atomic E-state index is 0.527. The lowest BCUT2D eigenvalue weighted by molar-refractivity contribution is -0.239. The SMILES string of the molecule is FC(F)(F)C1(F)c2ccccc2C(F)(C(F)(F)F)c2ccccc21. The zero-order valence-electron chi connectivity index (χ0n) is 11.6. The summed E-state index contributed by atoms with van der Waals surface area (Å²) in [6, 6.07) is 5.84. The van der Waals surface area contributed by atoms with Gasteiger partial charge in [0, 0.05) is 22.3 Å². The minimum atomic E-state index is -5.56. The second-order valence-electron chi connectivity index (χ2n) is 5.40. The average Bonchev–Trinajstić information content (AvgIpc) is 2.50. The fraction of sp³-hybridized carbons (Fsp3) is 0.250. The number of hydrogen-bond donors (Lipinski definition) is 0. The van der Waals surface area contributed by atoms with Crippen molar-refractivity contribution >= 4 is 0 Å². The molecule has 0 bridgehead atoms. The largest absolute Gasteiger partial charge is 0.431 e. The summed E-state index contributed by atoms with van der Waals surface area (Å²) in [5, 5.41) is 0. The molecule has 0 N–H and O–H groups in total. The Hall–Kier alpha value is -2.12. The first-order valence-corrected chi connectivity index (χ1v) is 6.67. The molecule has 0 aliphatic heterocycles. The Balaban J connectivity index is 2.51. The van der Waals surface area contributed by atoms with Gasteiger partial charge in [0.25, 0.3) is 11.3 Å². The molecule has 2 aromatic rings. The predicted octanol–water partition coefficient (Wildman–Crippen LogP) is 5.55. The molecule has 0 fully saturated rings. The number of halogens is 8. The van der Waals surface area contributed by atoms with E-state index < -0.39 is 45.9 Å². The van der Waals surface area contributed by atoms with Gasteiger partial charge in [0.15, 0.2) is 0 Å².